The van der Waals surface area contributed by atoms with Gasteiger partial charge in [0, 0.05) is 29.4 Å². The van der Waals surface area contributed by atoms with Crippen LogP contribution >= 0.6 is 11.6 Å². The van der Waals surface area contributed by atoms with Crippen molar-refractivity contribution in [2.24, 2.45) is 5.92 Å². The topological polar surface area (TPSA) is 20.3 Å². The molecule has 174 valence electrons. The van der Waals surface area contributed by atoms with Gasteiger partial charge in [-0.15, -0.1) is 0 Å². The van der Waals surface area contributed by atoms with E-state index in [1.165, 1.54) is 12.1 Å². The predicted octanol–water partition coefficient (Wildman–Crippen LogP) is 8.51. The highest BCUT2D eigenvalue weighted by molar-refractivity contribution is 6.30. The first-order chi connectivity index (χ1) is 15.5. The SMILES string of the molecule is CC(=O)[C@H](CC(C)C)c1cc(-c2ccc(C(F)(F)F)cc2)cc(N(C)c2ccc(Cl)cc2)c1. The van der Waals surface area contributed by atoms with Gasteiger partial charge in [0.2, 0.25) is 0 Å². The average molecular weight is 474 g/mol. The zero-order chi connectivity index (χ0) is 24.3. The van der Waals surface area contributed by atoms with Gasteiger partial charge >= 0.3 is 6.18 Å². The third-order valence-electron chi connectivity index (χ3n) is 5.69. The molecule has 3 aromatic carbocycles. The third-order valence-corrected chi connectivity index (χ3v) is 5.94. The highest BCUT2D eigenvalue weighted by Crippen LogP contribution is 2.36. The summed E-state index contributed by atoms with van der Waals surface area (Å²) in [7, 11) is 1.91. The summed E-state index contributed by atoms with van der Waals surface area (Å²) in [6, 6.07) is 18.3. The van der Waals surface area contributed by atoms with E-state index < -0.39 is 11.7 Å². The molecule has 33 heavy (non-hydrogen) atoms. The highest BCUT2D eigenvalue weighted by Gasteiger charge is 2.30. The number of Topliss-reactive ketones (excluding diaryl/α,β-unsaturated/α-hetero) is 1. The molecule has 0 N–H and O–H groups in total. The lowest BCUT2D eigenvalue weighted by Gasteiger charge is -2.24. The normalized spacial score (nSPS) is 12.6. The molecule has 0 spiro atoms. The molecule has 0 aliphatic rings. The summed E-state index contributed by atoms with van der Waals surface area (Å²) < 4.78 is 39.1. The van der Waals surface area contributed by atoms with Gasteiger partial charge in [0.1, 0.15) is 5.78 Å². The van der Waals surface area contributed by atoms with E-state index in [1.54, 1.807) is 19.1 Å². The lowest BCUT2D eigenvalue weighted by atomic mass is 9.85. The molecule has 0 radical (unpaired) electrons. The lowest BCUT2D eigenvalue weighted by molar-refractivity contribution is -0.137. The Kier molecular flexibility index (Phi) is 7.53. The Labute approximate surface area is 198 Å². The van der Waals surface area contributed by atoms with Gasteiger partial charge in [-0.3, -0.25) is 4.79 Å². The van der Waals surface area contributed by atoms with Gasteiger partial charge in [-0.25, -0.2) is 0 Å². The number of ketones is 1. The van der Waals surface area contributed by atoms with Crippen LogP contribution in [0.5, 0.6) is 0 Å². The summed E-state index contributed by atoms with van der Waals surface area (Å²) in [5, 5.41) is 0.625. The monoisotopic (exact) mass is 473 g/mol. The molecule has 0 heterocycles. The van der Waals surface area contributed by atoms with Gasteiger partial charge in [-0.2, -0.15) is 13.2 Å². The molecule has 0 bridgehead atoms. The van der Waals surface area contributed by atoms with E-state index in [2.05, 4.69) is 13.8 Å². The van der Waals surface area contributed by atoms with Gasteiger partial charge in [-0.1, -0.05) is 43.6 Å². The van der Waals surface area contributed by atoms with Crippen LogP contribution < -0.4 is 4.90 Å². The van der Waals surface area contributed by atoms with Gasteiger partial charge in [0.25, 0.3) is 0 Å². The Morgan fingerprint density at radius 2 is 1.52 bits per heavy atom. The Bertz CT molecular complexity index is 1110. The molecular formula is C27H27ClF3NO. The molecule has 0 aliphatic heterocycles. The van der Waals surface area contributed by atoms with Gasteiger partial charge in [-0.05, 0) is 84.5 Å². The summed E-state index contributed by atoms with van der Waals surface area (Å²) in [6.45, 7) is 5.72. The number of carbonyl (C=O) groups excluding carboxylic acids is 1. The number of rotatable bonds is 7. The summed E-state index contributed by atoms with van der Waals surface area (Å²) in [4.78, 5) is 14.5. The van der Waals surface area contributed by atoms with Gasteiger partial charge in [0.15, 0.2) is 0 Å². The molecule has 6 heteroatoms. The van der Waals surface area contributed by atoms with Gasteiger partial charge < -0.3 is 4.90 Å². The molecule has 1 atom stereocenters. The minimum Gasteiger partial charge on any atom is -0.345 e. The fraction of sp³-hybridized carbons (Fsp3) is 0.296. The minimum absolute atomic E-state index is 0.0633. The van der Waals surface area contributed by atoms with Crippen LogP contribution in [-0.4, -0.2) is 12.8 Å². The Balaban J connectivity index is 2.12. The molecule has 0 fully saturated rings. The van der Waals surface area contributed by atoms with Crippen molar-refractivity contribution in [2.45, 2.75) is 39.3 Å². The second kappa shape index (κ2) is 10.0. The number of anilines is 2. The van der Waals surface area contributed by atoms with Crippen LogP contribution in [0.15, 0.2) is 66.7 Å². The van der Waals surface area contributed by atoms with Crippen LogP contribution in [-0.2, 0) is 11.0 Å². The van der Waals surface area contributed by atoms with Crippen LogP contribution in [0.4, 0.5) is 24.5 Å². The predicted molar refractivity (Wildman–Crippen MR) is 129 cm³/mol. The van der Waals surface area contributed by atoms with Gasteiger partial charge in [0.05, 0.1) is 5.56 Å². The number of alkyl halides is 3. The maximum Gasteiger partial charge on any atom is 0.416 e. The minimum atomic E-state index is -4.39. The van der Waals surface area contributed by atoms with E-state index in [0.717, 1.165) is 34.6 Å². The van der Waals surface area contributed by atoms with Crippen molar-refractivity contribution in [1.29, 1.82) is 0 Å². The van der Waals surface area contributed by atoms with Crippen molar-refractivity contribution in [3.8, 4) is 11.1 Å². The fourth-order valence-corrected chi connectivity index (χ4v) is 4.00. The van der Waals surface area contributed by atoms with E-state index in [9.17, 15) is 18.0 Å². The molecule has 2 nitrogen and oxygen atoms in total. The van der Waals surface area contributed by atoms with Crippen molar-refractivity contribution in [3.63, 3.8) is 0 Å². The van der Waals surface area contributed by atoms with Crippen molar-refractivity contribution >= 4 is 28.8 Å². The largest absolute Gasteiger partial charge is 0.416 e. The first kappa shape index (κ1) is 24.8. The fourth-order valence-electron chi connectivity index (χ4n) is 3.87. The van der Waals surface area contributed by atoms with E-state index in [0.29, 0.717) is 22.9 Å². The molecular weight excluding hydrogens is 447 g/mol. The maximum absolute atomic E-state index is 13.0. The smallest absolute Gasteiger partial charge is 0.345 e. The molecule has 0 unspecified atom stereocenters. The summed E-state index contributed by atoms with van der Waals surface area (Å²) in [5.41, 5.74) is 3.30. The van der Waals surface area contributed by atoms with Crippen molar-refractivity contribution < 1.29 is 18.0 Å². The van der Waals surface area contributed by atoms with E-state index >= 15 is 0 Å². The summed E-state index contributed by atoms with van der Waals surface area (Å²) >= 11 is 6.03. The molecule has 0 aliphatic carbocycles. The summed E-state index contributed by atoms with van der Waals surface area (Å²) in [6.07, 6.45) is -3.70. The van der Waals surface area contributed by atoms with E-state index in [4.69, 9.17) is 11.6 Å². The second-order valence-electron chi connectivity index (χ2n) is 8.72. The number of carbonyl (C=O) groups is 1. The number of hydrogen-bond donors (Lipinski definition) is 0. The van der Waals surface area contributed by atoms with Crippen LogP contribution in [0.25, 0.3) is 11.1 Å². The first-order valence-electron chi connectivity index (χ1n) is 10.8. The van der Waals surface area contributed by atoms with Crippen molar-refractivity contribution in [3.05, 3.63) is 82.9 Å². The lowest BCUT2D eigenvalue weighted by Crippen LogP contribution is -2.14. The number of benzene rings is 3. The molecule has 3 aromatic rings. The van der Waals surface area contributed by atoms with Crippen LogP contribution in [0.2, 0.25) is 5.02 Å². The molecule has 3 rings (SSSR count). The molecule has 0 amide bonds. The Hall–Kier alpha value is -2.79. The zero-order valence-electron chi connectivity index (χ0n) is 19.1. The maximum atomic E-state index is 13.0. The first-order valence-corrected chi connectivity index (χ1v) is 11.2. The number of hydrogen-bond acceptors (Lipinski definition) is 2. The molecule has 0 saturated heterocycles. The standard InChI is InChI=1S/C27H27ClF3NO/c1-17(2)13-26(18(3)33)21-14-20(19-5-7-22(8-6-19)27(29,30)31)15-25(16-21)32(4)24-11-9-23(28)10-12-24/h5-12,14-17,26H,13H2,1-4H3/t26-/m0/s1. The van der Waals surface area contributed by atoms with Crippen LogP contribution in [0, 0.1) is 5.92 Å². The zero-order valence-corrected chi connectivity index (χ0v) is 19.8. The molecule has 0 saturated carbocycles. The second-order valence-corrected chi connectivity index (χ2v) is 9.15. The highest BCUT2D eigenvalue weighted by atomic mass is 35.5. The molecule has 0 aromatic heterocycles. The third kappa shape index (κ3) is 6.17. The number of halogens is 4. The van der Waals surface area contributed by atoms with E-state index in [-0.39, 0.29) is 11.7 Å². The number of nitrogens with zero attached hydrogens (tertiary/aromatic N) is 1. The summed E-state index contributed by atoms with van der Waals surface area (Å²) in [5.74, 6) is 0.0798. The Morgan fingerprint density at radius 3 is 2.03 bits per heavy atom. The van der Waals surface area contributed by atoms with Crippen molar-refractivity contribution in [1.82, 2.24) is 0 Å². The quantitative estimate of drug-likeness (QED) is 0.342. The Morgan fingerprint density at radius 1 is 0.909 bits per heavy atom. The van der Waals surface area contributed by atoms with E-state index in [1.807, 2.05) is 42.3 Å². The van der Waals surface area contributed by atoms with Crippen LogP contribution in [0.3, 0.4) is 0 Å². The van der Waals surface area contributed by atoms with Crippen molar-refractivity contribution in [2.75, 3.05) is 11.9 Å². The average Bonchev–Trinajstić information content (AvgIpc) is 2.76. The van der Waals surface area contributed by atoms with Crippen LogP contribution in [0.1, 0.15) is 44.2 Å².